The topological polar surface area (TPSA) is 53.7 Å². The molecule has 0 amide bonds. The molecule has 8 aromatic carbocycles. The molecular formula is C59H44N6. The zero-order valence-corrected chi connectivity index (χ0v) is 35.6. The highest BCUT2D eigenvalue weighted by atomic mass is 15.2. The van der Waals surface area contributed by atoms with E-state index in [-0.39, 0.29) is 33.4 Å². The Balaban J connectivity index is 1.15. The van der Waals surface area contributed by atoms with E-state index in [1.54, 1.807) is 22.8 Å². The van der Waals surface area contributed by atoms with Gasteiger partial charge in [0.05, 0.1) is 52.7 Å². The molecule has 310 valence electrons. The minimum Gasteiger partial charge on any atom is -0.311 e. The van der Waals surface area contributed by atoms with Gasteiger partial charge in [0.15, 0.2) is 0 Å². The van der Waals surface area contributed by atoms with Crippen molar-refractivity contribution in [3.8, 4) is 45.5 Å². The summed E-state index contributed by atoms with van der Waals surface area (Å²) in [4.78, 5) is 7.02. The van der Waals surface area contributed by atoms with E-state index in [0.717, 1.165) is 44.4 Å². The summed E-state index contributed by atoms with van der Waals surface area (Å²) in [6.07, 6.45) is 5.32. The number of para-hydroxylation sites is 5. The van der Waals surface area contributed by atoms with Gasteiger partial charge in [-0.05, 0) is 93.9 Å². The van der Waals surface area contributed by atoms with Crippen LogP contribution in [0.4, 0.5) is 17.1 Å². The van der Waals surface area contributed by atoms with Crippen molar-refractivity contribution < 1.29 is 18.3 Å². The number of rotatable bonds is 8. The van der Waals surface area contributed by atoms with Gasteiger partial charge in [0.1, 0.15) is 11.9 Å². The molecule has 6 heteroatoms. The quantitative estimate of drug-likeness (QED) is 0.113. The van der Waals surface area contributed by atoms with E-state index in [1.807, 2.05) is 114 Å². The molecule has 0 spiro atoms. The number of benzene rings is 8. The molecule has 11 rings (SSSR count). The van der Waals surface area contributed by atoms with Crippen LogP contribution in [0.25, 0.3) is 72.3 Å². The number of hydrogen-bond donors (Lipinski definition) is 0. The highest BCUT2D eigenvalue weighted by molar-refractivity contribution is 6.12. The second-order valence-electron chi connectivity index (χ2n) is 16.7. The van der Waals surface area contributed by atoms with Gasteiger partial charge >= 0.3 is 0 Å². The first-order valence-electron chi connectivity index (χ1n) is 26.1. The molecule has 0 unspecified atom stereocenters. The summed E-state index contributed by atoms with van der Waals surface area (Å²) in [5.41, 5.74) is 7.54. The van der Waals surface area contributed by atoms with Crippen LogP contribution in [-0.4, -0.2) is 14.1 Å². The standard InChI is InChI=1S/C59H44N6/c1-59(2,3)44-34-35-61-56(36-44)65-55-38-48(32-33-51(55)52-29-15-22-43(39-60)57(52)65)64(45-23-11-6-12-24-45)47-26-16-25-46(37-47)62-40-63(54-31-14-13-30-53(54)62)58-49(41-18-7-4-8-19-41)27-17-28-50(58)42-20-9-5-10-21-42/h4-38H,1-3H3/i4D,5D,7D,8D,9D,10D,18D,19D,20D,21D. The van der Waals surface area contributed by atoms with E-state index in [4.69, 9.17) is 18.7 Å². The number of fused-ring (bicyclic) bond motifs is 4. The normalized spacial score (nSPS) is 13.8. The average molecular weight is 847 g/mol. The van der Waals surface area contributed by atoms with Gasteiger partial charge in [-0.1, -0.05) is 166 Å². The third kappa shape index (κ3) is 6.91. The van der Waals surface area contributed by atoms with Crippen molar-refractivity contribution in [2.24, 2.45) is 0 Å². The van der Waals surface area contributed by atoms with Gasteiger partial charge in [0.2, 0.25) is 0 Å². The summed E-state index contributed by atoms with van der Waals surface area (Å²) < 4.78 is 93.3. The third-order valence-electron chi connectivity index (χ3n) is 11.7. The Morgan fingerprint density at radius 2 is 1.29 bits per heavy atom. The Morgan fingerprint density at radius 3 is 2.02 bits per heavy atom. The summed E-state index contributed by atoms with van der Waals surface area (Å²) >= 11 is 0. The van der Waals surface area contributed by atoms with Crippen LogP contribution in [0.2, 0.25) is 0 Å². The number of hydrogen-bond acceptors (Lipinski definition) is 3. The van der Waals surface area contributed by atoms with Gasteiger partial charge in [0, 0.05) is 34.0 Å². The maximum Gasteiger partial charge on any atom is 0.269 e. The fourth-order valence-corrected chi connectivity index (χ4v) is 8.70. The minimum atomic E-state index is -0.573. The first-order chi connectivity index (χ1) is 36.0. The number of anilines is 3. The molecule has 0 saturated carbocycles. The minimum absolute atomic E-state index is 0.138. The zero-order valence-electron chi connectivity index (χ0n) is 45.6. The molecule has 0 aliphatic carbocycles. The van der Waals surface area contributed by atoms with Crippen molar-refractivity contribution >= 4 is 49.9 Å². The summed E-state index contributed by atoms with van der Waals surface area (Å²) in [5, 5.41) is 12.3. The van der Waals surface area contributed by atoms with Crippen LogP contribution in [-0.2, 0) is 5.41 Å². The van der Waals surface area contributed by atoms with Crippen molar-refractivity contribution in [3.05, 3.63) is 230 Å². The maximum absolute atomic E-state index is 10.5. The van der Waals surface area contributed by atoms with E-state index in [9.17, 15) is 5.26 Å². The van der Waals surface area contributed by atoms with Gasteiger partial charge in [-0.15, -0.1) is 0 Å². The number of imidazole rings is 1. The number of nitriles is 1. The van der Waals surface area contributed by atoms with E-state index >= 15 is 0 Å². The second kappa shape index (κ2) is 16.0. The summed E-state index contributed by atoms with van der Waals surface area (Å²) in [5.74, 6) is 0.682. The van der Waals surface area contributed by atoms with Crippen molar-refractivity contribution in [1.82, 2.24) is 14.1 Å². The molecule has 0 bridgehead atoms. The van der Waals surface area contributed by atoms with Crippen molar-refractivity contribution in [3.63, 3.8) is 0 Å². The number of nitrogens with zero attached hydrogens (tertiary/aromatic N) is 6. The fraction of sp³-hybridized carbons (Fsp3) is 0.0678. The first-order valence-corrected chi connectivity index (χ1v) is 21.1. The molecular weight excluding hydrogens is 793 g/mol. The van der Waals surface area contributed by atoms with E-state index in [2.05, 4.69) is 66.9 Å². The Bertz CT molecular complexity index is 4060. The van der Waals surface area contributed by atoms with Crippen LogP contribution < -0.4 is 9.47 Å². The zero-order chi connectivity index (χ0) is 52.8. The molecule has 65 heavy (non-hydrogen) atoms. The predicted molar refractivity (Wildman–Crippen MR) is 265 cm³/mol. The highest BCUT2D eigenvalue weighted by Crippen LogP contribution is 2.41. The lowest BCUT2D eigenvalue weighted by atomic mass is 9.88. The highest BCUT2D eigenvalue weighted by Gasteiger charge is 2.23. The molecule has 0 aliphatic rings. The van der Waals surface area contributed by atoms with Gasteiger partial charge in [-0.2, -0.15) is 5.26 Å². The second-order valence-corrected chi connectivity index (χ2v) is 16.7. The SMILES string of the molecule is [2H]c1c([2H])c([2H])c(-c2cccc(-c3c([2H])c([2H])c([2H])c([2H])c3[2H])c2-[n+]2[c-]n(-c3cccc(N(c4ccccc4)c4ccc5c6cccc(C#N)c6n(-c6cc(C(C)(C)C)ccn6)c5c4)c3)c3ccccc32)c([2H])c1[2H]. The predicted octanol–water partition coefficient (Wildman–Crippen LogP) is 14.2. The fourth-order valence-electron chi connectivity index (χ4n) is 8.70. The molecule has 0 N–H and O–H groups in total. The smallest absolute Gasteiger partial charge is 0.269 e. The van der Waals surface area contributed by atoms with Crippen LogP contribution in [0.15, 0.2) is 212 Å². The third-order valence-corrected chi connectivity index (χ3v) is 11.7. The van der Waals surface area contributed by atoms with Gasteiger partial charge in [0.25, 0.3) is 6.33 Å². The molecule has 0 aliphatic heterocycles. The van der Waals surface area contributed by atoms with Gasteiger partial charge in [-0.25, -0.2) is 4.98 Å². The van der Waals surface area contributed by atoms with Crippen LogP contribution in [0, 0.1) is 17.7 Å². The Kier molecular flexibility index (Phi) is 7.31. The largest absolute Gasteiger partial charge is 0.311 e. The van der Waals surface area contributed by atoms with Crippen LogP contribution in [0.3, 0.4) is 0 Å². The molecule has 0 fully saturated rings. The monoisotopic (exact) mass is 846 g/mol. The molecule has 0 atom stereocenters. The van der Waals surface area contributed by atoms with E-state index in [1.165, 1.54) is 0 Å². The van der Waals surface area contributed by atoms with Crippen LogP contribution in [0.5, 0.6) is 0 Å². The lowest BCUT2D eigenvalue weighted by Crippen LogP contribution is -2.31. The van der Waals surface area contributed by atoms with Crippen molar-refractivity contribution in [1.29, 1.82) is 5.26 Å². The maximum atomic E-state index is 10.5. The molecule has 6 nitrogen and oxygen atoms in total. The van der Waals surface area contributed by atoms with Crippen LogP contribution >= 0.6 is 0 Å². The Labute approximate surface area is 392 Å². The van der Waals surface area contributed by atoms with E-state index < -0.39 is 60.4 Å². The summed E-state index contributed by atoms with van der Waals surface area (Å²) in [6, 6.07) is 43.3. The van der Waals surface area contributed by atoms with Crippen molar-refractivity contribution in [2.45, 2.75) is 26.2 Å². The number of aromatic nitrogens is 4. The van der Waals surface area contributed by atoms with Gasteiger partial charge < -0.3 is 4.90 Å². The molecule has 0 radical (unpaired) electrons. The van der Waals surface area contributed by atoms with Crippen LogP contribution in [0.1, 0.15) is 45.6 Å². The Morgan fingerprint density at radius 1 is 0.631 bits per heavy atom. The lowest BCUT2D eigenvalue weighted by molar-refractivity contribution is -0.571. The molecule has 11 aromatic rings. The average Bonchev–Trinajstić information content (AvgIpc) is 3.98. The summed E-state index contributed by atoms with van der Waals surface area (Å²) in [7, 11) is 0. The van der Waals surface area contributed by atoms with E-state index in [0.29, 0.717) is 28.1 Å². The van der Waals surface area contributed by atoms with Gasteiger partial charge in [-0.3, -0.25) is 13.7 Å². The number of pyridine rings is 1. The first kappa shape index (κ1) is 29.7. The molecule has 3 heterocycles. The lowest BCUT2D eigenvalue weighted by Gasteiger charge is -2.26. The Hall–Kier alpha value is -8.53. The molecule has 3 aromatic heterocycles. The molecule has 0 saturated heterocycles. The summed E-state index contributed by atoms with van der Waals surface area (Å²) in [6.45, 7) is 6.46. The van der Waals surface area contributed by atoms with Crippen molar-refractivity contribution in [2.75, 3.05) is 4.90 Å².